The van der Waals surface area contributed by atoms with Crippen molar-refractivity contribution in [2.24, 2.45) is 5.92 Å². The van der Waals surface area contributed by atoms with E-state index < -0.39 is 5.60 Å². The highest BCUT2D eigenvalue weighted by atomic mass is 16.5. The van der Waals surface area contributed by atoms with Crippen molar-refractivity contribution in [3.8, 4) is 5.75 Å². The number of nitrogens with zero attached hydrogens (tertiary/aromatic N) is 2. The van der Waals surface area contributed by atoms with E-state index in [1.165, 1.54) is 0 Å². The molecule has 0 radical (unpaired) electrons. The quantitative estimate of drug-likeness (QED) is 0.907. The molecule has 0 bridgehead atoms. The number of aliphatic hydroxyl groups is 1. The fraction of sp³-hybridized carbons (Fsp3) is 0.700. The van der Waals surface area contributed by atoms with Gasteiger partial charge < -0.3 is 14.7 Å². The van der Waals surface area contributed by atoms with Crippen LogP contribution >= 0.6 is 0 Å². The van der Waals surface area contributed by atoms with Crippen LogP contribution in [0.1, 0.15) is 69.8 Å². The van der Waals surface area contributed by atoms with Gasteiger partial charge in [0.2, 0.25) is 0 Å². The van der Waals surface area contributed by atoms with Gasteiger partial charge in [0.05, 0.1) is 17.9 Å². The molecule has 2 heterocycles. The van der Waals surface area contributed by atoms with Crippen LogP contribution in [-0.4, -0.2) is 45.2 Å². The molecule has 1 N–H and O–H groups in total. The lowest BCUT2D eigenvalue weighted by Gasteiger charge is -2.43. The largest absolute Gasteiger partial charge is 0.489 e. The Kier molecular flexibility index (Phi) is 5.32. The lowest BCUT2D eigenvalue weighted by molar-refractivity contribution is -0.0578. The maximum absolute atomic E-state index is 13.0. The van der Waals surface area contributed by atoms with Crippen molar-refractivity contribution >= 4 is 5.91 Å². The molecule has 138 valence electrons. The molecule has 5 heteroatoms. The first-order chi connectivity index (χ1) is 11.9. The molecule has 1 amide bonds. The van der Waals surface area contributed by atoms with Gasteiger partial charge in [0.25, 0.3) is 5.91 Å². The Balaban J connectivity index is 1.74. The number of hydrogen-bond donors (Lipinski definition) is 1. The standard InChI is InChI=1S/C20H30N2O3/c1-14(2)25-15-9-10-17(21-13-15)19(23)22-12-6-8-18(22)16-7-4-5-11-20(16,3)24/h9-10,13-14,16,18,24H,4-8,11-12H2,1-3H3/t16-,18-,20-/m1/s1. The third kappa shape index (κ3) is 3.97. The van der Waals surface area contributed by atoms with Gasteiger partial charge in [-0.15, -0.1) is 0 Å². The molecule has 0 aromatic carbocycles. The average molecular weight is 346 g/mol. The SMILES string of the molecule is CC(C)Oc1ccc(C(=O)N2CCC[C@@H]2[C@H]2CCCC[C@@]2(C)O)nc1. The number of rotatable bonds is 4. The maximum Gasteiger partial charge on any atom is 0.272 e. The van der Waals surface area contributed by atoms with Gasteiger partial charge in [0.15, 0.2) is 0 Å². The second-order valence-corrected chi connectivity index (χ2v) is 7.96. The zero-order valence-corrected chi connectivity index (χ0v) is 15.6. The van der Waals surface area contributed by atoms with E-state index in [2.05, 4.69) is 4.98 Å². The summed E-state index contributed by atoms with van der Waals surface area (Å²) in [4.78, 5) is 19.2. The van der Waals surface area contributed by atoms with Gasteiger partial charge in [-0.05, 0) is 58.6 Å². The van der Waals surface area contributed by atoms with Gasteiger partial charge >= 0.3 is 0 Å². The minimum Gasteiger partial charge on any atom is -0.489 e. The number of aromatic nitrogens is 1. The van der Waals surface area contributed by atoms with Crippen LogP contribution in [0, 0.1) is 5.92 Å². The van der Waals surface area contributed by atoms with Crippen molar-refractivity contribution in [1.82, 2.24) is 9.88 Å². The van der Waals surface area contributed by atoms with E-state index in [9.17, 15) is 9.90 Å². The van der Waals surface area contributed by atoms with Crippen LogP contribution in [-0.2, 0) is 0 Å². The first kappa shape index (κ1) is 18.2. The molecule has 1 aliphatic heterocycles. The van der Waals surface area contributed by atoms with Crippen LogP contribution < -0.4 is 4.74 Å². The van der Waals surface area contributed by atoms with E-state index in [1.807, 2.05) is 31.7 Å². The number of pyridine rings is 1. The van der Waals surface area contributed by atoms with Gasteiger partial charge in [0.1, 0.15) is 11.4 Å². The van der Waals surface area contributed by atoms with E-state index in [1.54, 1.807) is 12.3 Å². The minimum absolute atomic E-state index is 0.0278. The van der Waals surface area contributed by atoms with Crippen LogP contribution in [0.3, 0.4) is 0 Å². The minimum atomic E-state index is -0.672. The summed E-state index contributed by atoms with van der Waals surface area (Å²) in [5.74, 6) is 0.816. The number of carbonyl (C=O) groups excluding carboxylic acids is 1. The van der Waals surface area contributed by atoms with E-state index in [4.69, 9.17) is 4.74 Å². The summed E-state index contributed by atoms with van der Waals surface area (Å²) in [6.07, 6.45) is 7.71. The normalized spacial score (nSPS) is 29.9. The van der Waals surface area contributed by atoms with Crippen molar-refractivity contribution in [2.75, 3.05) is 6.54 Å². The van der Waals surface area contributed by atoms with Crippen LogP contribution in [0.4, 0.5) is 0 Å². The molecule has 5 nitrogen and oxygen atoms in total. The highest BCUT2D eigenvalue weighted by Gasteiger charge is 2.44. The molecule has 1 aliphatic carbocycles. The zero-order chi connectivity index (χ0) is 18.0. The third-order valence-electron chi connectivity index (χ3n) is 5.60. The predicted octanol–water partition coefficient (Wildman–Crippen LogP) is 3.41. The Morgan fingerprint density at radius 1 is 1.32 bits per heavy atom. The Hall–Kier alpha value is -1.62. The molecule has 2 aliphatic rings. The van der Waals surface area contributed by atoms with E-state index in [-0.39, 0.29) is 24.0 Å². The summed E-state index contributed by atoms with van der Waals surface area (Å²) >= 11 is 0. The Labute approximate surface area is 150 Å². The maximum atomic E-state index is 13.0. The smallest absolute Gasteiger partial charge is 0.272 e. The average Bonchev–Trinajstić information content (AvgIpc) is 3.03. The summed E-state index contributed by atoms with van der Waals surface area (Å²) in [5, 5.41) is 10.8. The van der Waals surface area contributed by atoms with E-state index in [0.29, 0.717) is 11.4 Å². The molecule has 1 aromatic rings. The topological polar surface area (TPSA) is 62.7 Å². The predicted molar refractivity (Wildman–Crippen MR) is 96.6 cm³/mol. The first-order valence-corrected chi connectivity index (χ1v) is 9.54. The summed E-state index contributed by atoms with van der Waals surface area (Å²) in [6, 6.07) is 3.67. The molecule has 25 heavy (non-hydrogen) atoms. The van der Waals surface area contributed by atoms with Crippen molar-refractivity contribution < 1.29 is 14.6 Å². The number of carbonyl (C=O) groups is 1. The zero-order valence-electron chi connectivity index (χ0n) is 15.6. The Morgan fingerprint density at radius 2 is 2.12 bits per heavy atom. The van der Waals surface area contributed by atoms with Gasteiger partial charge in [0, 0.05) is 18.5 Å². The van der Waals surface area contributed by atoms with Crippen LogP contribution in [0.15, 0.2) is 18.3 Å². The van der Waals surface area contributed by atoms with Crippen molar-refractivity contribution in [2.45, 2.75) is 77.0 Å². The van der Waals surface area contributed by atoms with Crippen molar-refractivity contribution in [1.29, 1.82) is 0 Å². The summed E-state index contributed by atoms with van der Waals surface area (Å²) in [6.45, 7) is 6.62. The highest BCUT2D eigenvalue weighted by molar-refractivity contribution is 5.92. The molecule has 1 saturated carbocycles. The molecule has 1 saturated heterocycles. The monoisotopic (exact) mass is 346 g/mol. The molecule has 2 fully saturated rings. The number of ether oxygens (including phenoxy) is 1. The van der Waals surface area contributed by atoms with Crippen LogP contribution in [0.5, 0.6) is 5.75 Å². The highest BCUT2D eigenvalue weighted by Crippen LogP contribution is 2.41. The van der Waals surface area contributed by atoms with Crippen LogP contribution in [0.25, 0.3) is 0 Å². The Morgan fingerprint density at radius 3 is 2.76 bits per heavy atom. The van der Waals surface area contributed by atoms with Gasteiger partial charge in [-0.25, -0.2) is 4.98 Å². The summed E-state index contributed by atoms with van der Waals surface area (Å²) in [5.41, 5.74) is -0.216. The first-order valence-electron chi connectivity index (χ1n) is 9.54. The second kappa shape index (κ2) is 7.32. The molecule has 3 atom stereocenters. The molecule has 0 spiro atoms. The number of amides is 1. The van der Waals surface area contributed by atoms with E-state index >= 15 is 0 Å². The number of hydrogen-bond acceptors (Lipinski definition) is 4. The van der Waals surface area contributed by atoms with Gasteiger partial charge in [-0.1, -0.05) is 12.8 Å². The molecule has 3 rings (SSSR count). The lowest BCUT2D eigenvalue weighted by atomic mass is 9.72. The summed E-state index contributed by atoms with van der Waals surface area (Å²) < 4.78 is 5.60. The number of likely N-dealkylation sites (tertiary alicyclic amines) is 1. The third-order valence-corrected chi connectivity index (χ3v) is 5.60. The molecule has 0 unspecified atom stereocenters. The lowest BCUT2D eigenvalue weighted by Crippen LogP contribution is -2.50. The molecular weight excluding hydrogens is 316 g/mol. The van der Waals surface area contributed by atoms with Gasteiger partial charge in [-0.2, -0.15) is 0 Å². The summed E-state index contributed by atoms with van der Waals surface area (Å²) in [7, 11) is 0. The van der Waals surface area contributed by atoms with E-state index in [0.717, 1.165) is 45.1 Å². The molecular formula is C20H30N2O3. The fourth-order valence-corrected chi connectivity index (χ4v) is 4.41. The Bertz CT molecular complexity index is 597. The van der Waals surface area contributed by atoms with Crippen molar-refractivity contribution in [3.63, 3.8) is 0 Å². The van der Waals surface area contributed by atoms with Crippen LogP contribution in [0.2, 0.25) is 0 Å². The fourth-order valence-electron chi connectivity index (χ4n) is 4.41. The van der Waals surface area contributed by atoms with Gasteiger partial charge in [-0.3, -0.25) is 4.79 Å². The second-order valence-electron chi connectivity index (χ2n) is 7.96. The van der Waals surface area contributed by atoms with Crippen molar-refractivity contribution in [3.05, 3.63) is 24.0 Å². The molecule has 1 aromatic heterocycles.